The van der Waals surface area contributed by atoms with Gasteiger partial charge in [0.05, 0.1) is 18.8 Å². The lowest BCUT2D eigenvalue weighted by Crippen LogP contribution is -2.18. The number of hydrogen-bond donors (Lipinski definition) is 1. The maximum absolute atomic E-state index is 11.9. The Kier molecular flexibility index (Phi) is 5.81. The second-order valence-electron chi connectivity index (χ2n) is 3.95. The van der Waals surface area contributed by atoms with Gasteiger partial charge in [0.25, 0.3) is 0 Å². The molecule has 1 N–H and O–H groups in total. The van der Waals surface area contributed by atoms with Crippen molar-refractivity contribution < 1.29 is 18.8 Å². The molecule has 0 amide bonds. The molecule has 1 aromatic carbocycles. The lowest BCUT2D eigenvalue weighted by atomic mass is 10.2. The number of benzene rings is 1. The van der Waals surface area contributed by atoms with Gasteiger partial charge in [0.2, 0.25) is 0 Å². The van der Waals surface area contributed by atoms with Crippen LogP contribution in [0.5, 0.6) is 5.75 Å². The summed E-state index contributed by atoms with van der Waals surface area (Å²) >= 11 is 3.34. The summed E-state index contributed by atoms with van der Waals surface area (Å²) in [5.74, 6) is -0.436. The molecule has 2 atom stereocenters. The lowest BCUT2D eigenvalue weighted by Gasteiger charge is -2.10. The Morgan fingerprint density at radius 3 is 2.78 bits per heavy atom. The van der Waals surface area contributed by atoms with E-state index in [1.54, 1.807) is 20.1 Å². The van der Waals surface area contributed by atoms with Crippen LogP contribution >= 0.6 is 15.9 Å². The molecule has 0 aliphatic rings. The Bertz CT molecular complexity index is 461. The average molecular weight is 335 g/mol. The molecule has 2 unspecified atom stereocenters. The number of methoxy groups -OCH3 is 1. The number of carboxylic acids is 1. The Morgan fingerprint density at radius 2 is 2.22 bits per heavy atom. The maximum atomic E-state index is 11.9. The van der Waals surface area contributed by atoms with Gasteiger partial charge in [-0.15, -0.1) is 0 Å². The summed E-state index contributed by atoms with van der Waals surface area (Å²) in [6.45, 7) is 1.55. The van der Waals surface area contributed by atoms with Gasteiger partial charge in [-0.25, -0.2) is 0 Å². The largest absolute Gasteiger partial charge is 0.496 e. The molecule has 1 rings (SSSR count). The fraction of sp³-hybridized carbons (Fsp3) is 0.417. The topological polar surface area (TPSA) is 63.6 Å². The molecule has 0 radical (unpaired) electrons. The first-order chi connectivity index (χ1) is 8.43. The number of hydrogen-bond acceptors (Lipinski definition) is 3. The Labute approximate surface area is 117 Å². The van der Waals surface area contributed by atoms with E-state index in [1.807, 2.05) is 12.1 Å². The van der Waals surface area contributed by atoms with E-state index in [-0.39, 0.29) is 5.75 Å². The molecular weight excluding hydrogens is 320 g/mol. The van der Waals surface area contributed by atoms with Gasteiger partial charge in [0.1, 0.15) is 5.75 Å². The van der Waals surface area contributed by atoms with Crippen LogP contribution in [-0.4, -0.2) is 28.1 Å². The van der Waals surface area contributed by atoms with E-state index in [0.717, 1.165) is 10.0 Å². The summed E-state index contributed by atoms with van der Waals surface area (Å²) in [4.78, 5) is 10.7. The summed E-state index contributed by atoms with van der Waals surface area (Å²) in [5.41, 5.74) is 0.808. The third kappa shape index (κ3) is 4.42. The highest BCUT2D eigenvalue weighted by Crippen LogP contribution is 2.24. The van der Waals surface area contributed by atoms with Crippen molar-refractivity contribution in [3.05, 3.63) is 28.2 Å². The van der Waals surface area contributed by atoms with Gasteiger partial charge < -0.3 is 9.84 Å². The van der Waals surface area contributed by atoms with Crippen LogP contribution in [0.4, 0.5) is 0 Å². The van der Waals surface area contributed by atoms with Crippen molar-refractivity contribution in [2.45, 2.75) is 12.7 Å². The molecule has 0 heterocycles. The number of aliphatic carboxylic acids is 1. The first kappa shape index (κ1) is 15.2. The fourth-order valence-corrected chi connectivity index (χ4v) is 3.24. The molecule has 0 aromatic heterocycles. The van der Waals surface area contributed by atoms with Crippen LogP contribution in [0.15, 0.2) is 22.7 Å². The van der Waals surface area contributed by atoms with E-state index < -0.39 is 22.7 Å². The zero-order chi connectivity index (χ0) is 13.7. The second-order valence-corrected chi connectivity index (χ2v) is 6.36. The fourth-order valence-electron chi connectivity index (χ4n) is 1.44. The van der Waals surface area contributed by atoms with Crippen molar-refractivity contribution in [3.8, 4) is 5.75 Å². The molecule has 0 fully saturated rings. The third-order valence-electron chi connectivity index (χ3n) is 2.42. The third-order valence-corrected chi connectivity index (χ3v) is 4.41. The van der Waals surface area contributed by atoms with Crippen LogP contribution in [0.1, 0.15) is 12.5 Å². The van der Waals surface area contributed by atoms with Gasteiger partial charge in [0.15, 0.2) is 0 Å². The molecule has 18 heavy (non-hydrogen) atoms. The van der Waals surface area contributed by atoms with Crippen molar-refractivity contribution >= 4 is 32.7 Å². The summed E-state index contributed by atoms with van der Waals surface area (Å²) in [6.07, 6.45) is 0. The van der Waals surface area contributed by atoms with Crippen LogP contribution in [0, 0.1) is 5.92 Å². The SMILES string of the molecule is COc1ccc(Br)cc1CS(=O)CC(C)C(=O)O. The second kappa shape index (κ2) is 6.89. The quantitative estimate of drug-likeness (QED) is 0.867. The number of carboxylic acid groups (broad SMARTS) is 1. The summed E-state index contributed by atoms with van der Waals surface area (Å²) < 4.78 is 17.9. The van der Waals surface area contributed by atoms with Crippen LogP contribution in [0.2, 0.25) is 0 Å². The van der Waals surface area contributed by atoms with Crippen LogP contribution in [0.3, 0.4) is 0 Å². The molecule has 6 heteroatoms. The van der Waals surface area contributed by atoms with E-state index in [0.29, 0.717) is 11.5 Å². The highest BCUT2D eigenvalue weighted by atomic mass is 79.9. The smallest absolute Gasteiger partial charge is 0.307 e. The number of ether oxygens (including phenoxy) is 1. The average Bonchev–Trinajstić information content (AvgIpc) is 2.28. The highest BCUT2D eigenvalue weighted by molar-refractivity contribution is 9.10. The van der Waals surface area contributed by atoms with Crippen LogP contribution in [-0.2, 0) is 21.3 Å². The van der Waals surface area contributed by atoms with E-state index in [9.17, 15) is 9.00 Å². The summed E-state index contributed by atoms with van der Waals surface area (Å²) in [7, 11) is 0.328. The number of rotatable bonds is 6. The van der Waals surface area contributed by atoms with Crippen molar-refractivity contribution in [1.82, 2.24) is 0 Å². The lowest BCUT2D eigenvalue weighted by molar-refractivity contribution is -0.140. The van der Waals surface area contributed by atoms with E-state index in [1.165, 1.54) is 0 Å². The van der Waals surface area contributed by atoms with E-state index >= 15 is 0 Å². The molecule has 0 aliphatic carbocycles. The molecule has 0 saturated carbocycles. The van der Waals surface area contributed by atoms with Gasteiger partial charge in [-0.3, -0.25) is 9.00 Å². The van der Waals surface area contributed by atoms with Gasteiger partial charge in [-0.05, 0) is 18.2 Å². The minimum absolute atomic E-state index is 0.144. The first-order valence-electron chi connectivity index (χ1n) is 5.34. The van der Waals surface area contributed by atoms with Crippen molar-refractivity contribution in [2.75, 3.05) is 12.9 Å². The molecule has 1 aromatic rings. The number of halogens is 1. The summed E-state index contributed by atoms with van der Waals surface area (Å²) in [5, 5.41) is 8.78. The van der Waals surface area contributed by atoms with E-state index in [4.69, 9.17) is 9.84 Å². The van der Waals surface area contributed by atoms with E-state index in [2.05, 4.69) is 15.9 Å². The van der Waals surface area contributed by atoms with Crippen molar-refractivity contribution in [1.29, 1.82) is 0 Å². The standard InChI is InChI=1S/C12H15BrO4S/c1-8(12(14)15)6-18(16)7-9-5-10(13)3-4-11(9)17-2/h3-5,8H,6-7H2,1-2H3,(H,14,15). The molecule has 0 spiro atoms. The Balaban J connectivity index is 2.75. The minimum atomic E-state index is -1.22. The Hall–Kier alpha value is -0.880. The van der Waals surface area contributed by atoms with Crippen LogP contribution < -0.4 is 4.74 Å². The first-order valence-corrected chi connectivity index (χ1v) is 7.62. The van der Waals surface area contributed by atoms with Crippen LogP contribution in [0.25, 0.3) is 0 Å². The van der Waals surface area contributed by atoms with Gasteiger partial charge in [-0.1, -0.05) is 22.9 Å². The Morgan fingerprint density at radius 1 is 1.56 bits per heavy atom. The number of carbonyl (C=O) groups is 1. The van der Waals surface area contributed by atoms with Crippen molar-refractivity contribution in [2.24, 2.45) is 5.92 Å². The highest BCUT2D eigenvalue weighted by Gasteiger charge is 2.16. The van der Waals surface area contributed by atoms with Gasteiger partial charge >= 0.3 is 5.97 Å². The molecular formula is C12H15BrO4S. The molecule has 4 nitrogen and oxygen atoms in total. The zero-order valence-electron chi connectivity index (χ0n) is 10.2. The summed E-state index contributed by atoms with van der Waals surface area (Å²) in [6, 6.07) is 5.46. The molecule has 0 bridgehead atoms. The van der Waals surface area contributed by atoms with Gasteiger partial charge in [0, 0.05) is 26.6 Å². The predicted octanol–water partition coefficient (Wildman–Crippen LogP) is 2.43. The molecule has 100 valence electrons. The predicted molar refractivity (Wildman–Crippen MR) is 74.2 cm³/mol. The normalized spacial score (nSPS) is 13.9. The monoisotopic (exact) mass is 334 g/mol. The van der Waals surface area contributed by atoms with Gasteiger partial charge in [-0.2, -0.15) is 0 Å². The minimum Gasteiger partial charge on any atom is -0.496 e. The zero-order valence-corrected chi connectivity index (χ0v) is 12.6. The van der Waals surface area contributed by atoms with Crippen molar-refractivity contribution in [3.63, 3.8) is 0 Å². The maximum Gasteiger partial charge on any atom is 0.307 e. The molecule has 0 aliphatic heterocycles. The molecule has 0 saturated heterocycles.